The van der Waals surface area contributed by atoms with Gasteiger partial charge in [-0.1, -0.05) is 30.6 Å². The van der Waals surface area contributed by atoms with Crippen molar-refractivity contribution in [2.24, 2.45) is 0 Å². The smallest absolute Gasteiger partial charge is 0.264 e. The minimum Gasteiger partial charge on any atom is -0.497 e. The number of hydrogen-bond acceptors (Lipinski definition) is 7. The predicted molar refractivity (Wildman–Crippen MR) is 142 cm³/mol. The molecule has 1 aliphatic heterocycles. The molecule has 37 heavy (non-hydrogen) atoms. The van der Waals surface area contributed by atoms with Gasteiger partial charge in [0.25, 0.3) is 11.4 Å². The molecule has 1 saturated heterocycles. The minimum absolute atomic E-state index is 0.140. The molecule has 1 aliphatic rings. The van der Waals surface area contributed by atoms with Crippen LogP contribution in [0.1, 0.15) is 52.3 Å². The molecule has 3 aromatic rings. The summed E-state index contributed by atoms with van der Waals surface area (Å²) in [6.07, 6.45) is 5.15. The van der Waals surface area contributed by atoms with Gasteiger partial charge in [0, 0.05) is 24.1 Å². The standard InChI is InChI=1S/C28H37N5O4/c1-5-28(2,3)30-25(34)19-33-23(20-10-9-11-21(18-20)36-4)13-12-22(27(33)35)26-29-24(31-37-26)14-17-32-15-7-6-8-16-32/h9-13,18H,5-8,14-17,19H2,1-4H3,(H,30,34). The van der Waals surface area contributed by atoms with Crippen molar-refractivity contribution in [1.29, 1.82) is 0 Å². The van der Waals surface area contributed by atoms with Gasteiger partial charge in [0.15, 0.2) is 5.82 Å². The summed E-state index contributed by atoms with van der Waals surface area (Å²) in [6, 6.07) is 10.9. The van der Waals surface area contributed by atoms with E-state index in [0.29, 0.717) is 23.7 Å². The van der Waals surface area contributed by atoms with Gasteiger partial charge in [-0.05, 0) is 70.5 Å². The summed E-state index contributed by atoms with van der Waals surface area (Å²) in [5.41, 5.74) is 0.881. The van der Waals surface area contributed by atoms with E-state index >= 15 is 0 Å². The lowest BCUT2D eigenvalue weighted by Gasteiger charge is -2.25. The first kappa shape index (κ1) is 26.6. The quantitative estimate of drug-likeness (QED) is 0.444. The third kappa shape index (κ3) is 6.65. The zero-order valence-corrected chi connectivity index (χ0v) is 22.2. The number of hydrogen-bond donors (Lipinski definition) is 1. The van der Waals surface area contributed by atoms with E-state index in [4.69, 9.17) is 9.26 Å². The van der Waals surface area contributed by atoms with Gasteiger partial charge in [-0.3, -0.25) is 14.2 Å². The summed E-state index contributed by atoms with van der Waals surface area (Å²) in [4.78, 5) is 33.6. The topological polar surface area (TPSA) is 102 Å². The Morgan fingerprint density at radius 3 is 2.68 bits per heavy atom. The Labute approximate surface area is 217 Å². The number of likely N-dealkylation sites (tertiary alicyclic amines) is 1. The van der Waals surface area contributed by atoms with E-state index in [-0.39, 0.29) is 35.0 Å². The van der Waals surface area contributed by atoms with Gasteiger partial charge in [-0.2, -0.15) is 4.98 Å². The van der Waals surface area contributed by atoms with Gasteiger partial charge in [-0.15, -0.1) is 0 Å². The second-order valence-electron chi connectivity index (χ2n) is 10.2. The summed E-state index contributed by atoms with van der Waals surface area (Å²) in [6.45, 7) is 8.83. The maximum Gasteiger partial charge on any atom is 0.264 e. The maximum absolute atomic E-state index is 13.7. The second kappa shape index (κ2) is 11.7. The summed E-state index contributed by atoms with van der Waals surface area (Å²) in [7, 11) is 1.59. The molecule has 9 heteroatoms. The van der Waals surface area contributed by atoms with Crippen molar-refractivity contribution in [3.63, 3.8) is 0 Å². The number of piperidine rings is 1. The van der Waals surface area contributed by atoms with Gasteiger partial charge in [0.05, 0.1) is 12.8 Å². The Balaban J connectivity index is 1.65. The summed E-state index contributed by atoms with van der Waals surface area (Å²) in [5, 5.41) is 7.13. The van der Waals surface area contributed by atoms with E-state index in [1.807, 2.05) is 45.0 Å². The van der Waals surface area contributed by atoms with Crippen molar-refractivity contribution in [3.05, 3.63) is 52.6 Å². The molecule has 1 fully saturated rings. The second-order valence-corrected chi connectivity index (χ2v) is 10.2. The normalized spacial score (nSPS) is 14.5. The highest BCUT2D eigenvalue weighted by atomic mass is 16.5. The zero-order chi connectivity index (χ0) is 26.4. The van der Waals surface area contributed by atoms with Crippen molar-refractivity contribution in [3.8, 4) is 28.5 Å². The number of rotatable bonds is 10. The van der Waals surface area contributed by atoms with Gasteiger partial charge in [0.1, 0.15) is 17.9 Å². The molecule has 1 N–H and O–H groups in total. The Hall–Kier alpha value is -3.46. The predicted octanol–water partition coefficient (Wildman–Crippen LogP) is 3.91. The first-order valence-electron chi connectivity index (χ1n) is 13.0. The summed E-state index contributed by atoms with van der Waals surface area (Å²) >= 11 is 0. The molecule has 0 radical (unpaired) electrons. The molecule has 0 aliphatic carbocycles. The SMILES string of the molecule is CCC(C)(C)NC(=O)Cn1c(-c2cccc(OC)c2)ccc(-c2nc(CCN3CCCCC3)no2)c1=O. The molecule has 198 valence electrons. The fourth-order valence-corrected chi connectivity index (χ4v) is 4.49. The van der Waals surface area contributed by atoms with E-state index in [2.05, 4.69) is 20.4 Å². The van der Waals surface area contributed by atoms with Crippen LogP contribution in [0.3, 0.4) is 0 Å². The van der Waals surface area contributed by atoms with Crippen molar-refractivity contribution in [2.75, 3.05) is 26.7 Å². The molecule has 3 heterocycles. The van der Waals surface area contributed by atoms with Crippen LogP contribution >= 0.6 is 0 Å². The van der Waals surface area contributed by atoms with Crippen molar-refractivity contribution >= 4 is 5.91 Å². The lowest BCUT2D eigenvalue weighted by molar-refractivity contribution is -0.123. The molecule has 0 spiro atoms. The summed E-state index contributed by atoms with van der Waals surface area (Å²) < 4.78 is 12.3. The van der Waals surface area contributed by atoms with E-state index in [9.17, 15) is 9.59 Å². The third-order valence-electron chi connectivity index (χ3n) is 7.00. The molecule has 0 bridgehead atoms. The fraction of sp³-hybridized carbons (Fsp3) is 0.500. The van der Waals surface area contributed by atoms with E-state index in [1.54, 1.807) is 19.2 Å². The van der Waals surface area contributed by atoms with Crippen LogP contribution in [0.4, 0.5) is 0 Å². The number of nitrogens with one attached hydrogen (secondary N) is 1. The molecule has 0 atom stereocenters. The van der Waals surface area contributed by atoms with Gasteiger partial charge in [-0.25, -0.2) is 0 Å². The van der Waals surface area contributed by atoms with E-state index < -0.39 is 0 Å². The van der Waals surface area contributed by atoms with Crippen molar-refractivity contribution in [1.82, 2.24) is 24.9 Å². The first-order chi connectivity index (χ1) is 17.8. The number of benzene rings is 1. The van der Waals surface area contributed by atoms with E-state index in [1.165, 1.54) is 23.8 Å². The number of carbonyl (C=O) groups is 1. The number of aromatic nitrogens is 3. The number of amides is 1. The number of methoxy groups -OCH3 is 1. The highest BCUT2D eigenvalue weighted by Gasteiger charge is 2.22. The Kier molecular flexibility index (Phi) is 8.43. The van der Waals surface area contributed by atoms with Crippen LogP contribution < -0.4 is 15.6 Å². The van der Waals surface area contributed by atoms with Crippen LogP contribution in [0.2, 0.25) is 0 Å². The summed E-state index contributed by atoms with van der Waals surface area (Å²) in [5.74, 6) is 1.15. The van der Waals surface area contributed by atoms with Crippen LogP contribution in [0.5, 0.6) is 5.75 Å². The third-order valence-corrected chi connectivity index (χ3v) is 7.00. The van der Waals surface area contributed by atoms with Gasteiger partial charge < -0.3 is 19.5 Å². The number of ether oxygens (including phenoxy) is 1. The van der Waals surface area contributed by atoms with Crippen molar-refractivity contribution in [2.45, 2.75) is 65.0 Å². The molecule has 2 aromatic heterocycles. The highest BCUT2D eigenvalue weighted by Crippen LogP contribution is 2.25. The fourth-order valence-electron chi connectivity index (χ4n) is 4.49. The number of pyridine rings is 1. The van der Waals surface area contributed by atoms with E-state index in [0.717, 1.165) is 31.6 Å². The molecule has 9 nitrogen and oxygen atoms in total. The lowest BCUT2D eigenvalue weighted by atomic mass is 10.0. The molecule has 0 saturated carbocycles. The maximum atomic E-state index is 13.7. The Bertz CT molecular complexity index is 1270. The van der Waals surface area contributed by atoms with Crippen molar-refractivity contribution < 1.29 is 14.1 Å². The largest absolute Gasteiger partial charge is 0.497 e. The molecular formula is C28H37N5O4. The minimum atomic E-state index is -0.385. The Morgan fingerprint density at radius 2 is 1.95 bits per heavy atom. The van der Waals surface area contributed by atoms with Crippen LogP contribution in [-0.4, -0.2) is 57.8 Å². The van der Waals surface area contributed by atoms with Crippen LogP contribution in [0.15, 0.2) is 45.7 Å². The molecule has 1 aromatic carbocycles. The highest BCUT2D eigenvalue weighted by molar-refractivity contribution is 5.78. The molecule has 4 rings (SSSR count). The van der Waals surface area contributed by atoms with Crippen LogP contribution in [0.25, 0.3) is 22.7 Å². The monoisotopic (exact) mass is 507 g/mol. The number of nitrogens with zero attached hydrogens (tertiary/aromatic N) is 4. The average molecular weight is 508 g/mol. The Morgan fingerprint density at radius 1 is 1.16 bits per heavy atom. The lowest BCUT2D eigenvalue weighted by Crippen LogP contribution is -2.45. The average Bonchev–Trinajstić information content (AvgIpc) is 3.37. The number of carbonyl (C=O) groups excluding carboxylic acids is 1. The zero-order valence-electron chi connectivity index (χ0n) is 22.2. The molecule has 1 amide bonds. The van der Waals surface area contributed by atoms with Gasteiger partial charge in [0.2, 0.25) is 5.91 Å². The first-order valence-corrected chi connectivity index (χ1v) is 13.0. The van der Waals surface area contributed by atoms with Crippen LogP contribution in [0, 0.1) is 0 Å². The molecule has 0 unspecified atom stereocenters. The van der Waals surface area contributed by atoms with Crippen LogP contribution in [-0.2, 0) is 17.8 Å². The molecular weight excluding hydrogens is 470 g/mol. The van der Waals surface area contributed by atoms with Gasteiger partial charge >= 0.3 is 0 Å².